The van der Waals surface area contributed by atoms with Gasteiger partial charge in [-0.05, 0) is 12.8 Å². The van der Waals surface area contributed by atoms with Crippen LogP contribution in [0.25, 0.3) is 0 Å². The second-order valence-electron chi connectivity index (χ2n) is 2.06. The number of carbonyl (C=O) groups excluding carboxylic acids is 2. The van der Waals surface area contributed by atoms with Crippen LogP contribution in [0.2, 0.25) is 0 Å². The molecule has 1 aliphatic heterocycles. The van der Waals surface area contributed by atoms with Crippen molar-refractivity contribution in [1.29, 1.82) is 0 Å². The van der Waals surface area contributed by atoms with Crippen molar-refractivity contribution in [3.63, 3.8) is 0 Å². The number of hydrogen-bond donors (Lipinski definition) is 0. The minimum atomic E-state index is -0.333. The van der Waals surface area contributed by atoms with Crippen LogP contribution in [0.15, 0.2) is 0 Å². The van der Waals surface area contributed by atoms with Crippen LogP contribution in [0.3, 0.4) is 0 Å². The predicted molar refractivity (Wildman–Crippen MR) is 30.0 cm³/mol. The molecule has 0 amide bonds. The molecule has 0 aromatic heterocycles. The van der Waals surface area contributed by atoms with Crippen molar-refractivity contribution in [2.24, 2.45) is 0 Å². The fourth-order valence-corrected chi connectivity index (χ4v) is 0.889. The lowest BCUT2D eigenvalue weighted by molar-refractivity contribution is -0.123. The highest BCUT2D eigenvalue weighted by atomic mass is 16.5. The molecule has 0 aliphatic carbocycles. The third-order valence-electron chi connectivity index (χ3n) is 1.39. The highest BCUT2D eigenvalue weighted by Crippen LogP contribution is 2.15. The molecule has 1 saturated heterocycles. The zero-order chi connectivity index (χ0) is 6.69. The van der Waals surface area contributed by atoms with Crippen LogP contribution in [0, 0.1) is 0 Å². The molecule has 1 rings (SSSR count). The van der Waals surface area contributed by atoms with E-state index in [1.807, 2.05) is 0 Å². The van der Waals surface area contributed by atoms with Gasteiger partial charge in [0.2, 0.25) is 0 Å². The normalized spacial score (nSPS) is 34.2. The summed E-state index contributed by atoms with van der Waals surface area (Å²) >= 11 is 0. The summed E-state index contributed by atoms with van der Waals surface area (Å²) < 4.78 is 4.92. The number of aldehydes is 2. The van der Waals surface area contributed by atoms with Crippen LogP contribution < -0.4 is 0 Å². The van der Waals surface area contributed by atoms with Gasteiger partial charge in [0.05, 0.1) is 0 Å². The van der Waals surface area contributed by atoms with Gasteiger partial charge in [-0.2, -0.15) is 0 Å². The first-order valence-electron chi connectivity index (χ1n) is 2.93. The number of ether oxygens (including phenoxy) is 1. The molecule has 1 fully saturated rings. The first-order valence-corrected chi connectivity index (χ1v) is 2.93. The molecule has 0 bridgehead atoms. The first kappa shape index (κ1) is 6.42. The van der Waals surface area contributed by atoms with Crippen LogP contribution in [-0.4, -0.2) is 24.8 Å². The van der Waals surface area contributed by atoms with Crippen molar-refractivity contribution in [3.8, 4) is 0 Å². The van der Waals surface area contributed by atoms with Gasteiger partial charge in [-0.1, -0.05) is 0 Å². The highest BCUT2D eigenvalue weighted by molar-refractivity contribution is 5.61. The standard InChI is InChI=1S/C6H8O3/c7-3-5-1-2-6(4-8)9-5/h3-6H,1-2H2. The summed E-state index contributed by atoms with van der Waals surface area (Å²) in [5, 5.41) is 0. The van der Waals surface area contributed by atoms with E-state index in [-0.39, 0.29) is 12.2 Å². The Hall–Kier alpha value is -0.700. The molecule has 2 unspecified atom stereocenters. The van der Waals surface area contributed by atoms with E-state index in [0.29, 0.717) is 12.8 Å². The summed E-state index contributed by atoms with van der Waals surface area (Å²) in [5.74, 6) is 0. The molecule has 50 valence electrons. The van der Waals surface area contributed by atoms with E-state index >= 15 is 0 Å². The highest BCUT2D eigenvalue weighted by Gasteiger charge is 2.23. The van der Waals surface area contributed by atoms with Crippen LogP contribution in [0.1, 0.15) is 12.8 Å². The molecule has 0 radical (unpaired) electrons. The second-order valence-corrected chi connectivity index (χ2v) is 2.06. The summed E-state index contributed by atoms with van der Waals surface area (Å²) in [6.45, 7) is 0. The Kier molecular flexibility index (Phi) is 1.95. The maximum absolute atomic E-state index is 10.0. The minimum absolute atomic E-state index is 0.333. The van der Waals surface area contributed by atoms with Crippen molar-refractivity contribution in [3.05, 3.63) is 0 Å². The summed E-state index contributed by atoms with van der Waals surface area (Å²) in [7, 11) is 0. The van der Waals surface area contributed by atoms with E-state index in [2.05, 4.69) is 0 Å². The average molecular weight is 128 g/mol. The lowest BCUT2D eigenvalue weighted by Crippen LogP contribution is -2.12. The van der Waals surface area contributed by atoms with Crippen molar-refractivity contribution in [1.82, 2.24) is 0 Å². The molecule has 0 aromatic carbocycles. The molecule has 1 aliphatic rings. The Bertz CT molecular complexity index is 107. The molecule has 0 N–H and O–H groups in total. The van der Waals surface area contributed by atoms with Crippen molar-refractivity contribution >= 4 is 12.6 Å². The lowest BCUT2D eigenvalue weighted by Gasteiger charge is -1.99. The molecule has 0 spiro atoms. The van der Waals surface area contributed by atoms with Gasteiger partial charge in [-0.25, -0.2) is 0 Å². The van der Waals surface area contributed by atoms with E-state index in [1.54, 1.807) is 0 Å². The van der Waals surface area contributed by atoms with E-state index < -0.39 is 0 Å². The Labute approximate surface area is 53.0 Å². The van der Waals surface area contributed by atoms with Crippen LogP contribution >= 0.6 is 0 Å². The maximum atomic E-state index is 10.0. The Morgan fingerprint density at radius 3 is 1.78 bits per heavy atom. The predicted octanol–water partition coefficient (Wildman–Crippen LogP) is -0.0682. The van der Waals surface area contributed by atoms with Gasteiger partial charge in [-0.15, -0.1) is 0 Å². The molecule has 9 heavy (non-hydrogen) atoms. The SMILES string of the molecule is O=CC1CCC(C=O)O1. The summed E-state index contributed by atoms with van der Waals surface area (Å²) in [6, 6.07) is 0. The number of hydrogen-bond acceptors (Lipinski definition) is 3. The van der Waals surface area contributed by atoms with Crippen LogP contribution in [0.5, 0.6) is 0 Å². The van der Waals surface area contributed by atoms with Gasteiger partial charge in [-0.3, -0.25) is 0 Å². The van der Waals surface area contributed by atoms with Crippen molar-refractivity contribution in [2.45, 2.75) is 25.0 Å². The largest absolute Gasteiger partial charge is 0.360 e. The van der Waals surface area contributed by atoms with Crippen molar-refractivity contribution < 1.29 is 14.3 Å². The third-order valence-corrected chi connectivity index (χ3v) is 1.39. The molecule has 3 heteroatoms. The molecule has 2 atom stereocenters. The van der Waals surface area contributed by atoms with E-state index in [1.165, 1.54) is 0 Å². The summed E-state index contributed by atoms with van der Waals surface area (Å²) in [5.41, 5.74) is 0. The average Bonchev–Trinajstić information content (AvgIpc) is 2.34. The van der Waals surface area contributed by atoms with E-state index in [0.717, 1.165) is 12.6 Å². The van der Waals surface area contributed by atoms with Gasteiger partial charge in [0.1, 0.15) is 24.8 Å². The van der Waals surface area contributed by atoms with Gasteiger partial charge in [0.15, 0.2) is 0 Å². The summed E-state index contributed by atoms with van der Waals surface area (Å²) in [6.07, 6.45) is 2.19. The first-order chi connectivity index (χ1) is 4.36. The van der Waals surface area contributed by atoms with Crippen LogP contribution in [-0.2, 0) is 14.3 Å². The number of rotatable bonds is 2. The smallest absolute Gasteiger partial charge is 0.148 e. The fourth-order valence-electron chi connectivity index (χ4n) is 0.889. The van der Waals surface area contributed by atoms with Gasteiger partial charge < -0.3 is 14.3 Å². The fraction of sp³-hybridized carbons (Fsp3) is 0.667. The zero-order valence-electron chi connectivity index (χ0n) is 4.95. The Morgan fingerprint density at radius 2 is 1.56 bits per heavy atom. The lowest BCUT2D eigenvalue weighted by atomic mass is 10.2. The van der Waals surface area contributed by atoms with Gasteiger partial charge in [0, 0.05) is 0 Å². The minimum Gasteiger partial charge on any atom is -0.360 e. The molecule has 0 aromatic rings. The van der Waals surface area contributed by atoms with E-state index in [4.69, 9.17) is 4.74 Å². The Morgan fingerprint density at radius 1 is 1.11 bits per heavy atom. The van der Waals surface area contributed by atoms with E-state index in [9.17, 15) is 9.59 Å². The van der Waals surface area contributed by atoms with Gasteiger partial charge >= 0.3 is 0 Å². The molecular weight excluding hydrogens is 120 g/mol. The van der Waals surface area contributed by atoms with Gasteiger partial charge in [0.25, 0.3) is 0 Å². The topological polar surface area (TPSA) is 43.4 Å². The quantitative estimate of drug-likeness (QED) is 0.489. The van der Waals surface area contributed by atoms with Crippen molar-refractivity contribution in [2.75, 3.05) is 0 Å². The monoisotopic (exact) mass is 128 g/mol. The maximum Gasteiger partial charge on any atom is 0.148 e. The Balaban J connectivity index is 2.36. The van der Waals surface area contributed by atoms with Crippen LogP contribution in [0.4, 0.5) is 0 Å². The third kappa shape index (κ3) is 1.36. The molecular formula is C6H8O3. The second kappa shape index (κ2) is 2.73. The molecule has 0 saturated carbocycles. The summed E-state index contributed by atoms with van der Waals surface area (Å²) in [4.78, 5) is 20.1. The number of carbonyl (C=O) groups is 2. The molecule has 1 heterocycles. The molecule has 3 nitrogen and oxygen atoms in total. The zero-order valence-corrected chi connectivity index (χ0v) is 4.95.